The summed E-state index contributed by atoms with van der Waals surface area (Å²) in [6, 6.07) is 5.38. The normalized spacial score (nSPS) is 10.2. The van der Waals surface area contributed by atoms with Crippen LogP contribution in [0.2, 0.25) is 0 Å². The van der Waals surface area contributed by atoms with Gasteiger partial charge in [0.2, 0.25) is 0 Å². The van der Waals surface area contributed by atoms with Crippen LogP contribution in [0.25, 0.3) is 0 Å². The zero-order valence-electron chi connectivity index (χ0n) is 9.01. The number of ether oxygens (including phenoxy) is 1. The number of aromatic nitrogens is 3. The highest BCUT2D eigenvalue weighted by Gasteiger charge is 2.07. The predicted molar refractivity (Wildman–Crippen MR) is 66.2 cm³/mol. The summed E-state index contributed by atoms with van der Waals surface area (Å²) in [5.41, 5.74) is 6.01. The molecule has 0 bridgehead atoms. The van der Waals surface area contributed by atoms with E-state index < -0.39 is 0 Å². The van der Waals surface area contributed by atoms with E-state index in [2.05, 4.69) is 26.0 Å². The number of nitrogens with one attached hydrogen (secondary N) is 1. The number of hydrogen-bond donors (Lipinski definition) is 2. The number of nitrogens with zero attached hydrogens (tertiary/aromatic N) is 3. The molecule has 6 nitrogen and oxygen atoms in total. The summed E-state index contributed by atoms with van der Waals surface area (Å²) in [4.78, 5) is 3.95. The third-order valence-electron chi connectivity index (χ3n) is 2.02. The van der Waals surface area contributed by atoms with Gasteiger partial charge in [0.15, 0.2) is 0 Å². The van der Waals surface area contributed by atoms with Crippen molar-refractivity contribution in [3.63, 3.8) is 0 Å². The molecule has 1 heterocycles. The molecule has 0 unspecified atom stereocenters. The topological polar surface area (TPSA) is 89.8 Å². The highest BCUT2D eigenvalue weighted by atomic mass is 79.9. The minimum absolute atomic E-state index is 0.00760. The Hall–Kier alpha value is -1.89. The van der Waals surface area contributed by atoms with Gasteiger partial charge in [-0.1, -0.05) is 0 Å². The highest BCUT2D eigenvalue weighted by molar-refractivity contribution is 9.10. The van der Waals surface area contributed by atoms with Crippen LogP contribution in [0, 0.1) is 5.41 Å². The van der Waals surface area contributed by atoms with Gasteiger partial charge in [-0.05, 0) is 34.1 Å². The monoisotopic (exact) mass is 295 g/mol. The van der Waals surface area contributed by atoms with Crippen LogP contribution >= 0.6 is 15.9 Å². The summed E-state index contributed by atoms with van der Waals surface area (Å²) < 4.78 is 7.70. The fraction of sp³-hybridized carbons (Fsp3) is 0.100. The van der Waals surface area contributed by atoms with Crippen LogP contribution < -0.4 is 10.5 Å². The Morgan fingerprint density at radius 2 is 2.29 bits per heavy atom. The van der Waals surface area contributed by atoms with Gasteiger partial charge in [0, 0.05) is 12.6 Å². The van der Waals surface area contributed by atoms with Gasteiger partial charge in [-0.3, -0.25) is 10.1 Å². The van der Waals surface area contributed by atoms with Crippen molar-refractivity contribution < 1.29 is 4.74 Å². The van der Waals surface area contributed by atoms with Gasteiger partial charge in [-0.25, -0.2) is 0 Å². The first-order valence-corrected chi connectivity index (χ1v) is 5.53. The molecule has 1 aromatic heterocycles. The molecule has 0 amide bonds. The quantitative estimate of drug-likeness (QED) is 0.665. The van der Waals surface area contributed by atoms with Crippen molar-refractivity contribution in [2.75, 3.05) is 0 Å². The van der Waals surface area contributed by atoms with Crippen molar-refractivity contribution >= 4 is 21.8 Å². The molecule has 88 valence electrons. The first-order chi connectivity index (χ1) is 8.06. The summed E-state index contributed by atoms with van der Waals surface area (Å²) in [7, 11) is 1.76. The Kier molecular flexibility index (Phi) is 3.10. The number of hydrogen-bond acceptors (Lipinski definition) is 4. The van der Waals surface area contributed by atoms with Crippen molar-refractivity contribution in [2.45, 2.75) is 0 Å². The largest absolute Gasteiger partial charge is 0.422 e. The molecule has 1 aromatic carbocycles. The number of halogens is 1. The SMILES string of the molecule is Cn1cnc(Oc2ccc(C(=N)N)cc2Br)n1. The van der Waals surface area contributed by atoms with Gasteiger partial charge in [-0.15, -0.1) is 5.10 Å². The van der Waals surface area contributed by atoms with Crippen LogP contribution in [-0.4, -0.2) is 20.6 Å². The number of benzene rings is 1. The summed E-state index contributed by atoms with van der Waals surface area (Å²) in [5, 5.41) is 11.3. The Bertz CT molecular complexity index is 566. The average Bonchev–Trinajstić information content (AvgIpc) is 2.67. The first-order valence-electron chi connectivity index (χ1n) is 4.73. The van der Waals surface area contributed by atoms with Crippen molar-refractivity contribution in [1.82, 2.24) is 14.8 Å². The van der Waals surface area contributed by atoms with Crippen molar-refractivity contribution in [1.29, 1.82) is 5.41 Å². The Labute approximate surface area is 106 Å². The minimum atomic E-state index is 0.00760. The molecular formula is C10H10BrN5O. The lowest BCUT2D eigenvalue weighted by atomic mass is 10.2. The lowest BCUT2D eigenvalue weighted by Crippen LogP contribution is -2.10. The third-order valence-corrected chi connectivity index (χ3v) is 2.64. The second-order valence-electron chi connectivity index (χ2n) is 3.36. The molecule has 2 aromatic rings. The van der Waals surface area contributed by atoms with E-state index in [4.69, 9.17) is 15.9 Å². The molecule has 0 atom stereocenters. The number of rotatable bonds is 3. The molecule has 17 heavy (non-hydrogen) atoms. The first kappa shape index (κ1) is 11.6. The second kappa shape index (κ2) is 4.54. The molecule has 3 N–H and O–H groups in total. The maximum absolute atomic E-state index is 7.32. The number of nitrogens with two attached hydrogens (primary N) is 1. The van der Waals surface area contributed by atoms with Crippen LogP contribution in [-0.2, 0) is 7.05 Å². The van der Waals surface area contributed by atoms with E-state index in [0.717, 1.165) is 0 Å². The van der Waals surface area contributed by atoms with Crippen LogP contribution in [0.4, 0.5) is 0 Å². The van der Waals surface area contributed by atoms with Gasteiger partial charge >= 0.3 is 6.01 Å². The predicted octanol–water partition coefficient (Wildman–Crippen LogP) is 1.65. The zero-order chi connectivity index (χ0) is 12.4. The van der Waals surface area contributed by atoms with E-state index >= 15 is 0 Å². The fourth-order valence-electron chi connectivity index (χ4n) is 1.22. The Balaban J connectivity index is 2.25. The van der Waals surface area contributed by atoms with Gasteiger partial charge in [0.05, 0.1) is 4.47 Å². The number of nitrogen functional groups attached to an aromatic ring is 1. The van der Waals surface area contributed by atoms with E-state index in [0.29, 0.717) is 15.8 Å². The summed E-state index contributed by atoms with van der Waals surface area (Å²) in [5.74, 6) is 0.578. The third kappa shape index (κ3) is 2.62. The summed E-state index contributed by atoms with van der Waals surface area (Å²) >= 11 is 3.34. The van der Waals surface area contributed by atoms with Gasteiger partial charge in [0.25, 0.3) is 0 Å². The number of amidine groups is 1. The molecule has 0 saturated carbocycles. The zero-order valence-corrected chi connectivity index (χ0v) is 10.6. The maximum Gasteiger partial charge on any atom is 0.341 e. The Morgan fingerprint density at radius 3 is 2.82 bits per heavy atom. The molecule has 0 radical (unpaired) electrons. The van der Waals surface area contributed by atoms with E-state index in [9.17, 15) is 0 Å². The smallest absolute Gasteiger partial charge is 0.341 e. The van der Waals surface area contributed by atoms with E-state index in [1.54, 1.807) is 36.3 Å². The average molecular weight is 296 g/mol. The molecule has 0 aliphatic heterocycles. The van der Waals surface area contributed by atoms with Gasteiger partial charge < -0.3 is 10.5 Å². The lowest BCUT2D eigenvalue weighted by Gasteiger charge is -2.05. The standard InChI is InChI=1S/C10H10BrN5O/c1-16-5-14-10(15-16)17-8-3-2-6(9(12)13)4-7(8)11/h2-5H,1H3,(H3,12,13). The van der Waals surface area contributed by atoms with Crippen molar-refractivity contribution in [2.24, 2.45) is 12.8 Å². The van der Waals surface area contributed by atoms with Crippen LogP contribution in [0.1, 0.15) is 5.56 Å². The molecular weight excluding hydrogens is 286 g/mol. The molecule has 0 fully saturated rings. The van der Waals surface area contributed by atoms with E-state index in [1.807, 2.05) is 0 Å². The fourth-order valence-corrected chi connectivity index (χ4v) is 1.68. The van der Waals surface area contributed by atoms with Crippen LogP contribution in [0.3, 0.4) is 0 Å². The van der Waals surface area contributed by atoms with Crippen molar-refractivity contribution in [3.8, 4) is 11.8 Å². The Morgan fingerprint density at radius 1 is 1.53 bits per heavy atom. The summed E-state index contributed by atoms with van der Waals surface area (Å²) in [6.45, 7) is 0. The number of aryl methyl sites for hydroxylation is 1. The van der Waals surface area contributed by atoms with Crippen LogP contribution in [0.5, 0.6) is 11.8 Å². The maximum atomic E-state index is 7.32. The highest BCUT2D eigenvalue weighted by Crippen LogP contribution is 2.28. The van der Waals surface area contributed by atoms with Crippen molar-refractivity contribution in [3.05, 3.63) is 34.6 Å². The molecule has 7 heteroatoms. The van der Waals surface area contributed by atoms with Gasteiger partial charge in [-0.2, -0.15) is 4.98 Å². The molecule has 0 aliphatic carbocycles. The molecule has 0 saturated heterocycles. The van der Waals surface area contributed by atoms with E-state index in [1.165, 1.54) is 0 Å². The molecule has 0 spiro atoms. The lowest BCUT2D eigenvalue weighted by molar-refractivity contribution is 0.436. The second-order valence-corrected chi connectivity index (χ2v) is 4.22. The van der Waals surface area contributed by atoms with E-state index in [-0.39, 0.29) is 11.8 Å². The summed E-state index contributed by atoms with van der Waals surface area (Å²) in [6.07, 6.45) is 1.55. The van der Waals surface area contributed by atoms with Gasteiger partial charge in [0.1, 0.15) is 17.9 Å². The minimum Gasteiger partial charge on any atom is -0.422 e. The molecule has 0 aliphatic rings. The van der Waals surface area contributed by atoms with Crippen LogP contribution in [0.15, 0.2) is 29.0 Å². The molecule has 2 rings (SSSR count).